The molecule has 3 aromatic heterocycles. The number of nitrogen functional groups attached to an aromatic ring is 1. The third kappa shape index (κ3) is 3.73. The zero-order valence-corrected chi connectivity index (χ0v) is 15.6. The fraction of sp³-hybridized carbons (Fsp3) is 0. The summed E-state index contributed by atoms with van der Waals surface area (Å²) in [6.07, 6.45) is 1.56. The van der Waals surface area contributed by atoms with Crippen LogP contribution in [0.15, 0.2) is 60.1 Å². The lowest BCUT2D eigenvalue weighted by molar-refractivity contribution is 0.0947. The van der Waals surface area contributed by atoms with Crippen molar-refractivity contribution in [1.29, 1.82) is 0 Å². The van der Waals surface area contributed by atoms with Crippen LogP contribution < -0.4 is 11.1 Å². The molecule has 8 nitrogen and oxygen atoms in total. The quantitative estimate of drug-likeness (QED) is 0.536. The van der Waals surface area contributed by atoms with E-state index in [1.54, 1.807) is 41.9 Å². The van der Waals surface area contributed by atoms with Crippen molar-refractivity contribution in [3.8, 4) is 11.5 Å². The standard InChI is InChI=1S/C19H13FN6O2S/c20-12-10-11(6-7-13(12)23-17(27)15-5-3-9-29-15)18(28)26-19(21)24-16(25-26)14-4-1-2-8-22-14/h1-10H,(H,23,27)(H2,21,24,25). The SMILES string of the molecule is Nc1nc(-c2ccccn2)nn1C(=O)c1ccc(NC(=O)c2cccs2)c(F)c1. The van der Waals surface area contributed by atoms with Crippen LogP contribution >= 0.6 is 11.3 Å². The summed E-state index contributed by atoms with van der Waals surface area (Å²) >= 11 is 1.24. The summed E-state index contributed by atoms with van der Waals surface area (Å²) in [5, 5.41) is 8.29. The number of anilines is 2. The van der Waals surface area contributed by atoms with Gasteiger partial charge in [-0.3, -0.25) is 14.6 Å². The molecule has 4 rings (SSSR count). The minimum atomic E-state index is -0.760. The van der Waals surface area contributed by atoms with Crippen LogP contribution in [0.1, 0.15) is 20.0 Å². The van der Waals surface area contributed by atoms with Gasteiger partial charge in [-0.05, 0) is 41.8 Å². The summed E-state index contributed by atoms with van der Waals surface area (Å²) in [6.45, 7) is 0. The maximum absolute atomic E-state index is 14.4. The number of nitrogens with one attached hydrogen (secondary N) is 1. The van der Waals surface area contributed by atoms with Crippen molar-refractivity contribution >= 4 is 34.8 Å². The zero-order valence-electron chi connectivity index (χ0n) is 14.7. The summed E-state index contributed by atoms with van der Waals surface area (Å²) in [7, 11) is 0. The number of rotatable bonds is 4. The van der Waals surface area contributed by atoms with Crippen molar-refractivity contribution in [3.05, 3.63) is 76.4 Å². The molecule has 10 heteroatoms. The Morgan fingerprint density at radius 1 is 1.14 bits per heavy atom. The van der Waals surface area contributed by atoms with Gasteiger partial charge in [0, 0.05) is 11.8 Å². The lowest BCUT2D eigenvalue weighted by Crippen LogP contribution is -2.17. The predicted octanol–water partition coefficient (Wildman–Crippen LogP) is 3.06. The van der Waals surface area contributed by atoms with Gasteiger partial charge in [-0.15, -0.1) is 16.4 Å². The molecule has 0 unspecified atom stereocenters. The van der Waals surface area contributed by atoms with Crippen molar-refractivity contribution in [2.45, 2.75) is 0 Å². The highest BCUT2D eigenvalue weighted by Gasteiger charge is 2.19. The Labute approximate surface area is 167 Å². The molecule has 0 spiro atoms. The molecule has 1 aromatic carbocycles. The maximum atomic E-state index is 14.4. The molecule has 0 radical (unpaired) electrons. The monoisotopic (exact) mass is 408 g/mol. The van der Waals surface area contributed by atoms with Crippen molar-refractivity contribution < 1.29 is 14.0 Å². The van der Waals surface area contributed by atoms with Crippen molar-refractivity contribution in [1.82, 2.24) is 19.7 Å². The van der Waals surface area contributed by atoms with E-state index < -0.39 is 17.6 Å². The van der Waals surface area contributed by atoms with Crippen LogP contribution in [0.5, 0.6) is 0 Å². The van der Waals surface area contributed by atoms with Crippen LogP contribution in [0.25, 0.3) is 11.5 Å². The molecule has 29 heavy (non-hydrogen) atoms. The molecule has 0 saturated heterocycles. The summed E-state index contributed by atoms with van der Waals surface area (Å²) in [4.78, 5) is 33.3. The zero-order chi connectivity index (χ0) is 20.4. The molecule has 0 atom stereocenters. The number of hydrogen-bond donors (Lipinski definition) is 2. The topological polar surface area (TPSA) is 116 Å². The number of aromatic nitrogens is 4. The highest BCUT2D eigenvalue weighted by atomic mass is 32.1. The molecule has 0 fully saturated rings. The van der Waals surface area contributed by atoms with E-state index in [9.17, 15) is 14.0 Å². The second-order valence-electron chi connectivity index (χ2n) is 5.85. The number of carbonyl (C=O) groups excluding carboxylic acids is 2. The second-order valence-corrected chi connectivity index (χ2v) is 6.80. The number of benzene rings is 1. The normalized spacial score (nSPS) is 10.7. The van der Waals surface area contributed by atoms with Gasteiger partial charge in [0.1, 0.15) is 11.5 Å². The number of amides is 1. The highest BCUT2D eigenvalue weighted by Crippen LogP contribution is 2.20. The Kier molecular flexibility index (Phi) is 4.83. The van der Waals surface area contributed by atoms with Gasteiger partial charge in [0.15, 0.2) is 0 Å². The predicted molar refractivity (Wildman–Crippen MR) is 106 cm³/mol. The Morgan fingerprint density at radius 2 is 2.00 bits per heavy atom. The third-order valence-electron chi connectivity index (χ3n) is 3.93. The first-order valence-electron chi connectivity index (χ1n) is 8.36. The van der Waals surface area contributed by atoms with E-state index in [2.05, 4.69) is 20.4 Å². The number of hydrogen-bond acceptors (Lipinski definition) is 7. The average molecular weight is 408 g/mol. The lowest BCUT2D eigenvalue weighted by Gasteiger charge is -2.07. The molecule has 4 aromatic rings. The van der Waals surface area contributed by atoms with E-state index in [0.717, 1.165) is 10.7 Å². The van der Waals surface area contributed by atoms with E-state index in [0.29, 0.717) is 10.6 Å². The molecular formula is C19H13FN6O2S. The number of thiophene rings is 1. The molecule has 0 aliphatic heterocycles. The van der Waals surface area contributed by atoms with Gasteiger partial charge in [0.2, 0.25) is 11.8 Å². The first-order chi connectivity index (χ1) is 14.0. The van der Waals surface area contributed by atoms with Crippen molar-refractivity contribution in [2.75, 3.05) is 11.1 Å². The Bertz CT molecular complexity index is 1190. The van der Waals surface area contributed by atoms with E-state index in [-0.39, 0.29) is 23.0 Å². The van der Waals surface area contributed by atoms with Gasteiger partial charge in [0.05, 0.1) is 10.6 Å². The van der Waals surface area contributed by atoms with Crippen LogP contribution in [0.2, 0.25) is 0 Å². The highest BCUT2D eigenvalue weighted by molar-refractivity contribution is 7.12. The van der Waals surface area contributed by atoms with Gasteiger partial charge in [0.25, 0.3) is 11.8 Å². The maximum Gasteiger partial charge on any atom is 0.281 e. The average Bonchev–Trinajstić information content (AvgIpc) is 3.40. The lowest BCUT2D eigenvalue weighted by atomic mass is 10.2. The summed E-state index contributed by atoms with van der Waals surface area (Å²) in [5.74, 6) is -1.82. The fourth-order valence-electron chi connectivity index (χ4n) is 2.54. The number of carbonyl (C=O) groups is 2. The van der Waals surface area contributed by atoms with Crippen molar-refractivity contribution in [3.63, 3.8) is 0 Å². The van der Waals surface area contributed by atoms with Gasteiger partial charge < -0.3 is 11.1 Å². The molecule has 0 saturated carbocycles. The Hall–Kier alpha value is -3.92. The molecule has 0 bridgehead atoms. The van der Waals surface area contributed by atoms with Gasteiger partial charge >= 0.3 is 0 Å². The van der Waals surface area contributed by atoms with E-state index >= 15 is 0 Å². The van der Waals surface area contributed by atoms with Crippen LogP contribution in [0, 0.1) is 5.82 Å². The van der Waals surface area contributed by atoms with Crippen LogP contribution in [0.4, 0.5) is 16.0 Å². The molecule has 1 amide bonds. The summed E-state index contributed by atoms with van der Waals surface area (Å²) < 4.78 is 15.3. The van der Waals surface area contributed by atoms with Gasteiger partial charge in [-0.1, -0.05) is 12.1 Å². The number of nitrogens with two attached hydrogens (primary N) is 1. The minimum absolute atomic E-state index is 0.000735. The van der Waals surface area contributed by atoms with E-state index in [1.807, 2.05) is 0 Å². The van der Waals surface area contributed by atoms with E-state index in [4.69, 9.17) is 5.73 Å². The van der Waals surface area contributed by atoms with Gasteiger partial charge in [-0.2, -0.15) is 9.67 Å². The van der Waals surface area contributed by atoms with Crippen molar-refractivity contribution in [2.24, 2.45) is 0 Å². The molecule has 144 valence electrons. The number of halogens is 1. The number of nitrogens with zero attached hydrogens (tertiary/aromatic N) is 4. The molecule has 0 aliphatic carbocycles. The van der Waals surface area contributed by atoms with Gasteiger partial charge in [-0.25, -0.2) is 4.39 Å². The summed E-state index contributed by atoms with van der Waals surface area (Å²) in [6, 6.07) is 12.2. The Morgan fingerprint density at radius 3 is 2.69 bits per heavy atom. The fourth-order valence-corrected chi connectivity index (χ4v) is 3.16. The van der Waals surface area contributed by atoms with Crippen LogP contribution in [-0.4, -0.2) is 31.6 Å². The van der Waals surface area contributed by atoms with Crippen LogP contribution in [-0.2, 0) is 0 Å². The van der Waals surface area contributed by atoms with E-state index in [1.165, 1.54) is 23.5 Å². The minimum Gasteiger partial charge on any atom is -0.368 e. The molecule has 0 aliphatic rings. The second kappa shape index (κ2) is 7.60. The molecule has 3 heterocycles. The largest absolute Gasteiger partial charge is 0.368 e. The smallest absolute Gasteiger partial charge is 0.281 e. The first-order valence-corrected chi connectivity index (χ1v) is 9.24. The Balaban J connectivity index is 1.57. The molecular weight excluding hydrogens is 395 g/mol. The first kappa shape index (κ1) is 18.4. The molecule has 3 N–H and O–H groups in total. The third-order valence-corrected chi connectivity index (χ3v) is 4.80. The van der Waals surface area contributed by atoms with Crippen LogP contribution in [0.3, 0.4) is 0 Å². The number of pyridine rings is 1. The summed E-state index contributed by atoms with van der Waals surface area (Å²) in [5.41, 5.74) is 6.20.